The molecule has 0 aliphatic carbocycles. The van der Waals surface area contributed by atoms with E-state index in [1.807, 2.05) is 32.0 Å². The summed E-state index contributed by atoms with van der Waals surface area (Å²) in [4.78, 5) is 24.3. The highest BCUT2D eigenvalue weighted by molar-refractivity contribution is 6.34. The Labute approximate surface area is 178 Å². The first-order chi connectivity index (χ1) is 14.4. The van der Waals surface area contributed by atoms with Gasteiger partial charge >= 0.3 is 5.97 Å². The number of hydrogen-bond acceptors (Lipinski definition) is 3. The number of pyridine rings is 1. The summed E-state index contributed by atoms with van der Waals surface area (Å²) < 4.78 is 1.73. The van der Waals surface area contributed by atoms with Gasteiger partial charge in [-0.25, -0.2) is 4.79 Å². The van der Waals surface area contributed by atoms with Gasteiger partial charge in [-0.3, -0.25) is 4.79 Å². The molecule has 0 radical (unpaired) electrons. The number of anilines is 1. The number of nitrogens with zero attached hydrogens (tertiary/aromatic N) is 1. The molecular formula is C24H21ClN2O3. The van der Waals surface area contributed by atoms with E-state index in [0.717, 1.165) is 16.3 Å². The van der Waals surface area contributed by atoms with E-state index in [1.54, 1.807) is 16.7 Å². The molecule has 0 aliphatic rings. The lowest BCUT2D eigenvalue weighted by molar-refractivity contribution is 0.0695. The second-order valence-corrected chi connectivity index (χ2v) is 7.65. The lowest BCUT2D eigenvalue weighted by Crippen LogP contribution is -2.19. The van der Waals surface area contributed by atoms with Gasteiger partial charge in [0.2, 0.25) is 5.43 Å². The van der Waals surface area contributed by atoms with Crippen molar-refractivity contribution in [2.75, 3.05) is 5.32 Å². The first-order valence-corrected chi connectivity index (χ1v) is 10.1. The normalized spacial score (nSPS) is 12.2. The largest absolute Gasteiger partial charge is 0.477 e. The summed E-state index contributed by atoms with van der Waals surface area (Å²) in [5.74, 6) is -1.24. The third kappa shape index (κ3) is 3.42. The predicted octanol–water partition coefficient (Wildman–Crippen LogP) is 5.70. The fourth-order valence-corrected chi connectivity index (χ4v) is 4.09. The van der Waals surface area contributed by atoms with Crippen LogP contribution in [0.15, 0.2) is 65.6 Å². The molecule has 0 saturated heterocycles. The number of hydrogen-bond donors (Lipinski definition) is 2. The van der Waals surface area contributed by atoms with Gasteiger partial charge in [-0.1, -0.05) is 54.1 Å². The maximum atomic E-state index is 12.8. The van der Waals surface area contributed by atoms with Gasteiger partial charge in [-0.2, -0.15) is 0 Å². The number of fused-ring (bicyclic) bond motifs is 2. The summed E-state index contributed by atoms with van der Waals surface area (Å²) in [7, 11) is 0. The van der Waals surface area contributed by atoms with Gasteiger partial charge in [0.1, 0.15) is 5.56 Å². The van der Waals surface area contributed by atoms with Crippen LogP contribution in [0.1, 0.15) is 35.8 Å². The third-order valence-electron chi connectivity index (χ3n) is 5.40. The van der Waals surface area contributed by atoms with Crippen molar-refractivity contribution in [2.45, 2.75) is 26.4 Å². The van der Waals surface area contributed by atoms with Gasteiger partial charge in [0.05, 0.1) is 16.2 Å². The predicted molar refractivity (Wildman–Crippen MR) is 122 cm³/mol. The van der Waals surface area contributed by atoms with Gasteiger partial charge < -0.3 is 15.0 Å². The molecule has 0 amide bonds. The minimum atomic E-state index is -1.24. The van der Waals surface area contributed by atoms with Crippen molar-refractivity contribution >= 4 is 44.9 Å². The molecule has 3 aromatic carbocycles. The molecule has 5 nitrogen and oxygen atoms in total. The summed E-state index contributed by atoms with van der Waals surface area (Å²) in [6.07, 6.45) is 1.37. The zero-order chi connectivity index (χ0) is 21.4. The van der Waals surface area contributed by atoms with Crippen molar-refractivity contribution in [3.63, 3.8) is 0 Å². The number of aryl methyl sites for hydroxylation is 1. The van der Waals surface area contributed by atoms with E-state index >= 15 is 0 Å². The van der Waals surface area contributed by atoms with Gasteiger partial charge in [0, 0.05) is 24.2 Å². The summed E-state index contributed by atoms with van der Waals surface area (Å²) in [5.41, 5.74) is 1.54. The number of carboxylic acid groups (broad SMARTS) is 1. The van der Waals surface area contributed by atoms with E-state index in [0.29, 0.717) is 28.2 Å². The lowest BCUT2D eigenvalue weighted by atomic mass is 9.99. The Morgan fingerprint density at radius 2 is 1.87 bits per heavy atom. The molecule has 0 spiro atoms. The van der Waals surface area contributed by atoms with Crippen molar-refractivity contribution in [1.29, 1.82) is 0 Å². The molecule has 1 unspecified atom stereocenters. The summed E-state index contributed by atoms with van der Waals surface area (Å²) in [6.45, 7) is 4.44. The minimum absolute atomic E-state index is 0.0814. The SMILES string of the molecule is CCn1cc(C(=O)O)c(=O)c2cc(NC(C)c3cccc4ccccc34)c(Cl)cc21. The van der Waals surface area contributed by atoms with Crippen LogP contribution in [0, 0.1) is 0 Å². The number of nitrogens with one attached hydrogen (secondary N) is 1. The number of rotatable bonds is 5. The van der Waals surface area contributed by atoms with Gasteiger partial charge in [-0.15, -0.1) is 0 Å². The average Bonchev–Trinajstić information content (AvgIpc) is 2.74. The Bertz CT molecular complexity index is 1340. The van der Waals surface area contributed by atoms with E-state index in [2.05, 4.69) is 29.6 Å². The minimum Gasteiger partial charge on any atom is -0.477 e. The molecule has 1 aromatic heterocycles. The Hall–Kier alpha value is -3.31. The Balaban J connectivity index is 1.83. The highest BCUT2D eigenvalue weighted by atomic mass is 35.5. The highest BCUT2D eigenvalue weighted by Crippen LogP contribution is 2.32. The molecular weight excluding hydrogens is 400 g/mol. The Morgan fingerprint density at radius 1 is 1.13 bits per heavy atom. The van der Waals surface area contributed by atoms with Crippen LogP contribution >= 0.6 is 11.6 Å². The van der Waals surface area contributed by atoms with Gasteiger partial charge in [-0.05, 0) is 42.3 Å². The number of carbonyl (C=O) groups is 1. The molecule has 30 heavy (non-hydrogen) atoms. The fourth-order valence-electron chi connectivity index (χ4n) is 3.87. The molecule has 2 N–H and O–H groups in total. The number of halogens is 1. The summed E-state index contributed by atoms with van der Waals surface area (Å²) in [5, 5.41) is 15.9. The zero-order valence-electron chi connectivity index (χ0n) is 16.6. The van der Waals surface area contributed by atoms with Crippen molar-refractivity contribution in [2.24, 2.45) is 0 Å². The number of benzene rings is 3. The average molecular weight is 421 g/mol. The van der Waals surface area contributed by atoms with E-state index in [4.69, 9.17) is 11.6 Å². The van der Waals surface area contributed by atoms with Crippen LogP contribution in [0.25, 0.3) is 21.7 Å². The second kappa shape index (κ2) is 7.84. The van der Waals surface area contributed by atoms with Crippen LogP contribution in [0.5, 0.6) is 0 Å². The molecule has 152 valence electrons. The van der Waals surface area contributed by atoms with E-state index in [-0.39, 0.29) is 11.6 Å². The molecule has 6 heteroatoms. The van der Waals surface area contributed by atoms with Gasteiger partial charge in [0.15, 0.2) is 0 Å². The van der Waals surface area contributed by atoms with Crippen LogP contribution < -0.4 is 10.7 Å². The second-order valence-electron chi connectivity index (χ2n) is 7.25. The number of aromatic carboxylic acids is 1. The summed E-state index contributed by atoms with van der Waals surface area (Å²) in [6, 6.07) is 17.6. The van der Waals surface area contributed by atoms with Crippen LogP contribution in [0.2, 0.25) is 5.02 Å². The van der Waals surface area contributed by atoms with Crippen molar-refractivity contribution in [3.8, 4) is 0 Å². The van der Waals surface area contributed by atoms with Crippen molar-refractivity contribution in [3.05, 3.63) is 87.2 Å². The quantitative estimate of drug-likeness (QED) is 0.434. The first kappa shape index (κ1) is 20.0. The van der Waals surface area contributed by atoms with Crippen LogP contribution in [0.3, 0.4) is 0 Å². The fraction of sp³-hybridized carbons (Fsp3) is 0.167. The van der Waals surface area contributed by atoms with E-state index < -0.39 is 11.4 Å². The highest BCUT2D eigenvalue weighted by Gasteiger charge is 2.17. The third-order valence-corrected chi connectivity index (χ3v) is 5.71. The molecule has 1 heterocycles. The maximum Gasteiger partial charge on any atom is 0.341 e. The molecule has 0 fully saturated rings. The maximum absolute atomic E-state index is 12.8. The smallest absolute Gasteiger partial charge is 0.341 e. The molecule has 4 rings (SSSR count). The lowest BCUT2D eigenvalue weighted by Gasteiger charge is -2.20. The zero-order valence-corrected chi connectivity index (χ0v) is 17.4. The molecule has 1 atom stereocenters. The Morgan fingerprint density at radius 3 is 2.60 bits per heavy atom. The van der Waals surface area contributed by atoms with Crippen LogP contribution in [0.4, 0.5) is 5.69 Å². The monoisotopic (exact) mass is 420 g/mol. The molecule has 4 aromatic rings. The standard InChI is InChI=1S/C24H21ClN2O3/c1-3-27-13-19(24(29)30)23(28)18-11-21(20(25)12-22(18)27)26-14(2)16-10-6-8-15-7-4-5-9-17(15)16/h4-14,26H,3H2,1-2H3,(H,29,30). The van der Waals surface area contributed by atoms with Crippen molar-refractivity contribution < 1.29 is 9.90 Å². The molecule has 0 aliphatic heterocycles. The molecule has 0 saturated carbocycles. The molecule has 0 bridgehead atoms. The van der Waals surface area contributed by atoms with Gasteiger partial charge in [0.25, 0.3) is 0 Å². The van der Waals surface area contributed by atoms with Crippen molar-refractivity contribution in [1.82, 2.24) is 4.57 Å². The van der Waals surface area contributed by atoms with E-state index in [9.17, 15) is 14.7 Å². The van der Waals surface area contributed by atoms with Crippen LogP contribution in [-0.4, -0.2) is 15.6 Å². The van der Waals surface area contributed by atoms with Crippen LogP contribution in [-0.2, 0) is 6.54 Å². The first-order valence-electron chi connectivity index (χ1n) is 9.75. The topological polar surface area (TPSA) is 71.3 Å². The summed E-state index contributed by atoms with van der Waals surface area (Å²) >= 11 is 6.54. The number of aromatic nitrogens is 1. The Kier molecular flexibility index (Phi) is 5.22. The van der Waals surface area contributed by atoms with E-state index in [1.165, 1.54) is 6.20 Å². The number of carboxylic acids is 1.